The summed E-state index contributed by atoms with van der Waals surface area (Å²) >= 11 is 1.75. The molecule has 3 nitrogen and oxygen atoms in total. The molecule has 0 aliphatic carbocycles. The van der Waals surface area contributed by atoms with Crippen molar-refractivity contribution in [3.05, 3.63) is 35.4 Å². The predicted molar refractivity (Wildman–Crippen MR) is 99.7 cm³/mol. The Hall–Kier alpha value is -1.00. The third-order valence-corrected chi connectivity index (χ3v) is 5.82. The van der Waals surface area contributed by atoms with E-state index in [2.05, 4.69) is 68.7 Å². The van der Waals surface area contributed by atoms with Crippen LogP contribution in [0.5, 0.6) is 0 Å². The van der Waals surface area contributed by atoms with Gasteiger partial charge in [0.25, 0.3) is 0 Å². The summed E-state index contributed by atoms with van der Waals surface area (Å²) in [7, 11) is 0. The Bertz CT molecular complexity index is 505. The molecule has 1 aliphatic rings. The van der Waals surface area contributed by atoms with E-state index in [1.807, 2.05) is 0 Å². The van der Waals surface area contributed by atoms with Gasteiger partial charge in [-0.15, -0.1) is 11.8 Å². The molecule has 4 heteroatoms. The highest BCUT2D eigenvalue weighted by Gasteiger charge is 2.33. The Morgan fingerprint density at radius 3 is 2.30 bits per heavy atom. The molecule has 1 fully saturated rings. The molecule has 0 spiro atoms. The van der Waals surface area contributed by atoms with Crippen molar-refractivity contribution < 1.29 is 4.79 Å². The van der Waals surface area contributed by atoms with Gasteiger partial charge in [0.1, 0.15) is 5.37 Å². The summed E-state index contributed by atoms with van der Waals surface area (Å²) in [6.07, 6.45) is 1.05. The third-order valence-electron chi connectivity index (χ3n) is 4.57. The lowest BCUT2D eigenvalue weighted by Crippen LogP contribution is -2.43. The molecule has 1 aromatic rings. The number of aryl methyl sites for hydroxylation is 1. The molecule has 0 aromatic heterocycles. The van der Waals surface area contributed by atoms with Crippen molar-refractivity contribution in [2.75, 3.05) is 18.8 Å². The van der Waals surface area contributed by atoms with Crippen LogP contribution in [-0.4, -0.2) is 46.6 Å². The first-order chi connectivity index (χ1) is 10.9. The number of carbonyl (C=O) groups excluding carboxylic acids is 1. The maximum absolute atomic E-state index is 12.3. The molecule has 1 heterocycles. The second kappa shape index (κ2) is 8.20. The summed E-state index contributed by atoms with van der Waals surface area (Å²) in [6, 6.07) is 9.75. The highest BCUT2D eigenvalue weighted by atomic mass is 32.2. The zero-order valence-corrected chi connectivity index (χ0v) is 15.9. The van der Waals surface area contributed by atoms with Gasteiger partial charge in [0.05, 0.1) is 5.75 Å². The fourth-order valence-corrected chi connectivity index (χ4v) is 4.44. The summed E-state index contributed by atoms with van der Waals surface area (Å²) in [6.45, 7) is 12.8. The highest BCUT2D eigenvalue weighted by molar-refractivity contribution is 8.00. The van der Waals surface area contributed by atoms with E-state index < -0.39 is 0 Å². The Balaban J connectivity index is 2.07. The average Bonchev–Trinajstić information content (AvgIpc) is 2.88. The van der Waals surface area contributed by atoms with Crippen molar-refractivity contribution in [1.29, 1.82) is 0 Å². The van der Waals surface area contributed by atoms with Gasteiger partial charge in [-0.25, -0.2) is 0 Å². The number of amides is 1. The Morgan fingerprint density at radius 2 is 1.78 bits per heavy atom. The maximum Gasteiger partial charge on any atom is 0.233 e. The minimum absolute atomic E-state index is 0.176. The van der Waals surface area contributed by atoms with Gasteiger partial charge in [-0.2, -0.15) is 0 Å². The monoisotopic (exact) mass is 334 g/mol. The van der Waals surface area contributed by atoms with Crippen LogP contribution in [0.25, 0.3) is 0 Å². The van der Waals surface area contributed by atoms with Crippen LogP contribution in [-0.2, 0) is 11.2 Å². The average molecular weight is 335 g/mol. The molecule has 1 amide bonds. The Kier molecular flexibility index (Phi) is 6.54. The molecule has 128 valence electrons. The number of thioether (sulfide) groups is 1. The molecule has 0 radical (unpaired) electrons. The van der Waals surface area contributed by atoms with E-state index in [9.17, 15) is 4.79 Å². The van der Waals surface area contributed by atoms with Crippen molar-refractivity contribution in [3.63, 3.8) is 0 Å². The highest BCUT2D eigenvalue weighted by Crippen LogP contribution is 2.38. The normalized spacial score (nSPS) is 18.7. The molecule has 23 heavy (non-hydrogen) atoms. The van der Waals surface area contributed by atoms with Crippen LogP contribution in [0.15, 0.2) is 24.3 Å². The van der Waals surface area contributed by atoms with E-state index in [4.69, 9.17) is 0 Å². The molecule has 0 N–H and O–H groups in total. The van der Waals surface area contributed by atoms with Gasteiger partial charge in [0.15, 0.2) is 0 Å². The predicted octanol–water partition coefficient (Wildman–Crippen LogP) is 3.94. The van der Waals surface area contributed by atoms with E-state index in [0.29, 0.717) is 17.8 Å². The van der Waals surface area contributed by atoms with Gasteiger partial charge in [0.2, 0.25) is 5.91 Å². The molecule has 1 atom stereocenters. The summed E-state index contributed by atoms with van der Waals surface area (Å²) in [5.41, 5.74) is 2.60. The summed E-state index contributed by atoms with van der Waals surface area (Å²) in [5, 5.41) is 0.176. The van der Waals surface area contributed by atoms with Crippen LogP contribution in [0, 0.1) is 0 Å². The van der Waals surface area contributed by atoms with Crippen LogP contribution >= 0.6 is 11.8 Å². The van der Waals surface area contributed by atoms with Crippen LogP contribution in [0.2, 0.25) is 0 Å². The number of rotatable bonds is 7. The summed E-state index contributed by atoms with van der Waals surface area (Å²) in [5.74, 6) is 0.871. The molecule has 1 saturated heterocycles. The first kappa shape index (κ1) is 18.3. The smallest absolute Gasteiger partial charge is 0.233 e. The fraction of sp³-hybridized carbons (Fsp3) is 0.632. The molecule has 1 aliphatic heterocycles. The largest absolute Gasteiger partial charge is 0.325 e. The lowest BCUT2D eigenvalue weighted by Gasteiger charge is -2.33. The maximum atomic E-state index is 12.3. The fourth-order valence-electron chi connectivity index (χ4n) is 3.23. The lowest BCUT2D eigenvalue weighted by molar-refractivity contribution is -0.128. The van der Waals surface area contributed by atoms with E-state index >= 15 is 0 Å². The number of benzene rings is 1. The van der Waals surface area contributed by atoms with Crippen molar-refractivity contribution in [2.45, 2.75) is 58.5 Å². The van der Waals surface area contributed by atoms with Gasteiger partial charge in [-0.1, -0.05) is 31.2 Å². The van der Waals surface area contributed by atoms with Gasteiger partial charge >= 0.3 is 0 Å². The van der Waals surface area contributed by atoms with Crippen molar-refractivity contribution in [2.24, 2.45) is 0 Å². The van der Waals surface area contributed by atoms with Crippen molar-refractivity contribution in [3.8, 4) is 0 Å². The molecule has 0 saturated carbocycles. The minimum Gasteiger partial charge on any atom is -0.325 e. The van der Waals surface area contributed by atoms with Crippen LogP contribution in [0.3, 0.4) is 0 Å². The van der Waals surface area contributed by atoms with Gasteiger partial charge in [-0.05, 0) is 45.2 Å². The third kappa shape index (κ3) is 4.51. The summed E-state index contributed by atoms with van der Waals surface area (Å²) in [4.78, 5) is 16.8. The lowest BCUT2D eigenvalue weighted by atomic mass is 10.1. The standard InChI is InChI=1S/C19H30N2OS/c1-6-16-7-9-17(10-8-16)19-21(18(22)13-23-19)12-11-20(14(2)3)15(4)5/h7-10,14-15,19H,6,11-13H2,1-5H3. The number of nitrogens with zero attached hydrogens (tertiary/aromatic N) is 2. The second-order valence-corrected chi connectivity index (χ2v) is 7.84. The van der Waals surface area contributed by atoms with Crippen molar-refractivity contribution in [1.82, 2.24) is 9.80 Å². The zero-order valence-electron chi connectivity index (χ0n) is 15.1. The Morgan fingerprint density at radius 1 is 1.17 bits per heavy atom. The zero-order chi connectivity index (χ0) is 17.0. The van der Waals surface area contributed by atoms with Crippen LogP contribution in [0.1, 0.15) is 51.1 Å². The molecule has 1 aromatic carbocycles. The van der Waals surface area contributed by atoms with Gasteiger partial charge < -0.3 is 4.90 Å². The van der Waals surface area contributed by atoms with E-state index in [-0.39, 0.29) is 11.3 Å². The first-order valence-electron chi connectivity index (χ1n) is 8.69. The van der Waals surface area contributed by atoms with E-state index in [1.54, 1.807) is 11.8 Å². The van der Waals surface area contributed by atoms with Gasteiger partial charge in [0, 0.05) is 25.2 Å². The van der Waals surface area contributed by atoms with Gasteiger partial charge in [-0.3, -0.25) is 9.69 Å². The molecule has 0 bridgehead atoms. The molecule has 2 rings (SSSR count). The SMILES string of the molecule is CCc1ccc(C2SCC(=O)N2CCN(C(C)C)C(C)C)cc1. The van der Waals surface area contributed by atoms with Crippen molar-refractivity contribution >= 4 is 17.7 Å². The molecular formula is C19H30N2OS. The minimum atomic E-state index is 0.176. The van der Waals surface area contributed by atoms with E-state index in [0.717, 1.165) is 19.5 Å². The number of hydrogen-bond acceptors (Lipinski definition) is 3. The summed E-state index contributed by atoms with van der Waals surface area (Å²) < 4.78 is 0. The quantitative estimate of drug-likeness (QED) is 0.754. The second-order valence-electron chi connectivity index (χ2n) is 6.77. The molecular weight excluding hydrogens is 304 g/mol. The Labute approximate surface area is 145 Å². The first-order valence-corrected chi connectivity index (χ1v) is 9.74. The van der Waals surface area contributed by atoms with Crippen LogP contribution in [0.4, 0.5) is 0 Å². The molecule has 1 unspecified atom stereocenters. The topological polar surface area (TPSA) is 23.6 Å². The number of hydrogen-bond donors (Lipinski definition) is 0. The van der Waals surface area contributed by atoms with Crippen LogP contribution < -0.4 is 0 Å². The number of carbonyl (C=O) groups is 1. The van der Waals surface area contributed by atoms with E-state index in [1.165, 1.54) is 11.1 Å².